The van der Waals surface area contributed by atoms with Crippen LogP contribution in [0.5, 0.6) is 5.88 Å². The molecule has 1 N–H and O–H groups in total. The van der Waals surface area contributed by atoms with E-state index < -0.39 is 0 Å². The Balaban J connectivity index is 0.00000300. The molecule has 1 aromatic heterocycles. The molecule has 0 spiro atoms. The van der Waals surface area contributed by atoms with Gasteiger partial charge < -0.3 is 19.6 Å². The highest BCUT2D eigenvalue weighted by atomic mass is 35.5. The molecule has 3 rings (SSSR count). The first kappa shape index (κ1) is 24.1. The number of piperidine rings is 2. The van der Waals surface area contributed by atoms with Crippen LogP contribution in [-0.2, 0) is 9.53 Å². The number of anilines is 1. The van der Waals surface area contributed by atoms with E-state index >= 15 is 0 Å². The summed E-state index contributed by atoms with van der Waals surface area (Å²) in [5.74, 6) is 1.18. The van der Waals surface area contributed by atoms with E-state index in [1.54, 1.807) is 0 Å². The first-order chi connectivity index (χ1) is 13.1. The Kier molecular flexibility index (Phi) is 7.75. The summed E-state index contributed by atoms with van der Waals surface area (Å²) in [5.41, 5.74) is -0.762. The maximum atomic E-state index is 12.0. The molecule has 0 amide bonds. The number of hydroxylamine groups is 2. The highest BCUT2D eigenvalue weighted by Crippen LogP contribution is 2.39. The third-order valence-corrected chi connectivity index (χ3v) is 6.24. The van der Waals surface area contributed by atoms with Gasteiger partial charge in [0.05, 0.1) is 24.3 Å². The Bertz CT molecular complexity index is 674. The predicted octanol–water partition coefficient (Wildman–Crippen LogP) is 3.53. The molecular weight excluding hydrogens is 416 g/mol. The smallest absolute Gasteiger partial charge is 0.309 e. The van der Waals surface area contributed by atoms with Gasteiger partial charge in [0.2, 0.25) is 5.82 Å². The van der Waals surface area contributed by atoms with E-state index in [9.17, 15) is 10.0 Å². The molecule has 3 heterocycles. The summed E-state index contributed by atoms with van der Waals surface area (Å²) in [6.45, 7) is 11.8. The van der Waals surface area contributed by atoms with Crippen LogP contribution in [0.3, 0.4) is 0 Å². The number of carbonyl (C=O) groups excluding carboxylic acids is 1. The van der Waals surface area contributed by atoms with Gasteiger partial charge in [-0.05, 0) is 47.5 Å². The lowest BCUT2D eigenvalue weighted by molar-refractivity contribution is -0.255. The molecule has 10 heteroatoms. The Hall–Kier alpha value is -1.16. The van der Waals surface area contributed by atoms with Gasteiger partial charge in [0.25, 0.3) is 5.88 Å². The largest absolute Gasteiger partial charge is 0.471 e. The fourth-order valence-corrected chi connectivity index (χ4v) is 4.96. The highest BCUT2D eigenvalue weighted by Gasteiger charge is 2.46. The quantitative estimate of drug-likeness (QED) is 0.684. The van der Waals surface area contributed by atoms with Gasteiger partial charge in [-0.25, -0.2) is 0 Å². The van der Waals surface area contributed by atoms with E-state index in [0.717, 1.165) is 43.5 Å². The number of rotatable bonds is 5. The van der Waals surface area contributed by atoms with Crippen molar-refractivity contribution >= 4 is 35.9 Å². The average molecular weight is 449 g/mol. The normalized spacial score (nSPS) is 22.8. The Labute approximate surface area is 183 Å². The van der Waals surface area contributed by atoms with Crippen molar-refractivity contribution in [2.24, 2.45) is 5.92 Å². The topological polar surface area (TPSA) is 88.0 Å². The summed E-state index contributed by atoms with van der Waals surface area (Å²) in [5, 5.41) is 11.9. The Morgan fingerprint density at radius 1 is 1.17 bits per heavy atom. The van der Waals surface area contributed by atoms with Gasteiger partial charge in [0.1, 0.15) is 6.10 Å². The molecule has 8 nitrogen and oxygen atoms in total. The van der Waals surface area contributed by atoms with Gasteiger partial charge in [-0.15, -0.1) is 16.8 Å². The van der Waals surface area contributed by atoms with E-state index in [0.29, 0.717) is 25.3 Å². The summed E-state index contributed by atoms with van der Waals surface area (Å²) in [7, 11) is 0. The molecule has 0 radical (unpaired) electrons. The summed E-state index contributed by atoms with van der Waals surface area (Å²) < 4.78 is 20.3. The average Bonchev–Trinajstić information content (AvgIpc) is 3.07. The van der Waals surface area contributed by atoms with Crippen LogP contribution in [0.1, 0.15) is 60.3 Å². The first-order valence-corrected chi connectivity index (χ1v) is 10.8. The molecule has 0 aromatic carbocycles. The van der Waals surface area contributed by atoms with Crippen LogP contribution in [-0.4, -0.2) is 61.9 Å². The summed E-state index contributed by atoms with van der Waals surface area (Å²) in [6, 6.07) is 0. The molecule has 166 valence electrons. The third kappa shape index (κ3) is 5.31. The van der Waals surface area contributed by atoms with Crippen LogP contribution in [0.15, 0.2) is 0 Å². The zero-order valence-electron chi connectivity index (χ0n) is 17.9. The fraction of sp³-hybridized carbons (Fsp3) is 0.842. The summed E-state index contributed by atoms with van der Waals surface area (Å²) in [6.07, 6.45) is 2.86. The molecule has 0 unspecified atom stereocenters. The number of esters is 1. The van der Waals surface area contributed by atoms with E-state index in [2.05, 4.69) is 13.6 Å². The number of hydrogen-bond acceptors (Lipinski definition) is 9. The van der Waals surface area contributed by atoms with Crippen molar-refractivity contribution < 1.29 is 19.5 Å². The van der Waals surface area contributed by atoms with E-state index in [1.807, 2.05) is 34.6 Å². The number of aromatic nitrogens is 2. The van der Waals surface area contributed by atoms with E-state index in [1.165, 1.54) is 5.06 Å². The van der Waals surface area contributed by atoms with Crippen LogP contribution >= 0.6 is 24.1 Å². The molecule has 0 atom stereocenters. The first-order valence-electron chi connectivity index (χ1n) is 10.0. The molecule has 2 aliphatic heterocycles. The second kappa shape index (κ2) is 9.32. The minimum absolute atomic E-state index is 0. The van der Waals surface area contributed by atoms with Crippen molar-refractivity contribution in [3.63, 3.8) is 0 Å². The lowest BCUT2D eigenvalue weighted by atomic mass is 9.80. The van der Waals surface area contributed by atoms with Gasteiger partial charge in [-0.1, -0.05) is 0 Å². The maximum Gasteiger partial charge on any atom is 0.309 e. The van der Waals surface area contributed by atoms with Crippen LogP contribution < -0.4 is 9.64 Å². The minimum Gasteiger partial charge on any atom is -0.471 e. The molecule has 0 bridgehead atoms. The lowest BCUT2D eigenvalue weighted by Gasteiger charge is -2.51. The van der Waals surface area contributed by atoms with Crippen molar-refractivity contribution in [2.45, 2.75) is 77.5 Å². The summed E-state index contributed by atoms with van der Waals surface area (Å²) >= 11 is 1.15. The van der Waals surface area contributed by atoms with Crippen molar-refractivity contribution in [2.75, 3.05) is 24.6 Å². The van der Waals surface area contributed by atoms with Gasteiger partial charge in [-0.2, -0.15) is 9.44 Å². The van der Waals surface area contributed by atoms with Crippen LogP contribution in [0, 0.1) is 5.92 Å². The maximum absolute atomic E-state index is 12.0. The van der Waals surface area contributed by atoms with Crippen LogP contribution in [0.2, 0.25) is 0 Å². The molecule has 0 aliphatic carbocycles. The third-order valence-electron chi connectivity index (χ3n) is 5.74. The molecule has 0 saturated carbocycles. The number of carbonyl (C=O) groups is 1. The minimum atomic E-state index is -0.381. The second-order valence-corrected chi connectivity index (χ2v) is 9.52. The van der Waals surface area contributed by atoms with Gasteiger partial charge in [0, 0.05) is 37.0 Å². The van der Waals surface area contributed by atoms with Crippen molar-refractivity contribution in [3.8, 4) is 5.88 Å². The number of ether oxygens (including phenoxy) is 2. The molecule has 1 aromatic rings. The predicted molar refractivity (Wildman–Crippen MR) is 114 cm³/mol. The molecule has 2 fully saturated rings. The Morgan fingerprint density at radius 2 is 1.76 bits per heavy atom. The zero-order chi connectivity index (χ0) is 20.5. The van der Waals surface area contributed by atoms with Gasteiger partial charge >= 0.3 is 5.97 Å². The Morgan fingerprint density at radius 3 is 2.31 bits per heavy atom. The van der Waals surface area contributed by atoms with Gasteiger partial charge in [-0.3, -0.25) is 4.79 Å². The monoisotopic (exact) mass is 448 g/mol. The number of hydrogen-bond donors (Lipinski definition) is 1. The molecular formula is C19H33ClN4O4S. The second-order valence-electron chi connectivity index (χ2n) is 8.99. The molecule has 2 saturated heterocycles. The molecule has 2 aliphatic rings. The SMILES string of the molecule is CCOC(=O)C1CCN(c2nsnc2OC2CC(C)(C)N(O)C(C)(C)C2)CC1.Cl. The lowest BCUT2D eigenvalue weighted by Crippen LogP contribution is -2.61. The van der Waals surface area contributed by atoms with Crippen molar-refractivity contribution in [1.82, 2.24) is 13.8 Å². The van der Waals surface area contributed by atoms with Gasteiger partial charge in [0.15, 0.2) is 0 Å². The molecule has 29 heavy (non-hydrogen) atoms. The number of halogens is 1. The van der Waals surface area contributed by atoms with Crippen LogP contribution in [0.4, 0.5) is 5.82 Å². The van der Waals surface area contributed by atoms with E-state index in [4.69, 9.17) is 9.47 Å². The highest BCUT2D eigenvalue weighted by molar-refractivity contribution is 6.99. The van der Waals surface area contributed by atoms with E-state index in [-0.39, 0.29) is 41.5 Å². The van der Waals surface area contributed by atoms with Crippen LogP contribution in [0.25, 0.3) is 0 Å². The van der Waals surface area contributed by atoms with Crippen molar-refractivity contribution in [3.05, 3.63) is 0 Å². The van der Waals surface area contributed by atoms with Crippen molar-refractivity contribution in [1.29, 1.82) is 0 Å². The summed E-state index contributed by atoms with van der Waals surface area (Å²) in [4.78, 5) is 14.1. The standard InChI is InChI=1S/C19H32N4O4S.ClH/c1-6-26-17(24)13-7-9-22(10-8-13)15-16(21-28-20-15)27-14-11-18(2,3)23(25)19(4,5)12-14;/h13-14,25H,6-12H2,1-5H3;1H. The zero-order valence-corrected chi connectivity index (χ0v) is 19.5. The number of nitrogens with zero attached hydrogens (tertiary/aromatic N) is 4. The fourth-order valence-electron chi connectivity index (χ4n) is 4.45.